The molecule has 146 valence electrons. The van der Waals surface area contributed by atoms with E-state index in [0.717, 1.165) is 21.9 Å². The fraction of sp³-hybridized carbons (Fsp3) is 0.278. The van der Waals surface area contributed by atoms with Crippen LogP contribution in [0.2, 0.25) is 10.0 Å². The van der Waals surface area contributed by atoms with Crippen molar-refractivity contribution >= 4 is 44.8 Å². The second kappa shape index (κ2) is 9.30. The lowest BCUT2D eigenvalue weighted by atomic mass is 10.2. The second-order valence-corrected chi connectivity index (χ2v) is 8.55. The number of hydrogen-bond donors (Lipinski definition) is 1. The zero-order valence-corrected chi connectivity index (χ0v) is 17.2. The predicted molar refractivity (Wildman–Crippen MR) is 108 cm³/mol. The third-order valence-electron chi connectivity index (χ3n) is 3.65. The Labute approximate surface area is 169 Å². The normalized spacial score (nSPS) is 11.1. The lowest BCUT2D eigenvalue weighted by molar-refractivity contribution is -0.119. The molecular weight excluding hydrogens is 411 g/mol. The summed E-state index contributed by atoms with van der Waals surface area (Å²) in [7, 11) is -3.68. The van der Waals surface area contributed by atoms with Crippen molar-refractivity contribution in [2.24, 2.45) is 0 Å². The van der Waals surface area contributed by atoms with E-state index >= 15 is 0 Å². The van der Waals surface area contributed by atoms with E-state index < -0.39 is 15.9 Å². The van der Waals surface area contributed by atoms with E-state index in [9.17, 15) is 13.2 Å². The zero-order valence-electron chi connectivity index (χ0n) is 14.9. The molecule has 9 heteroatoms. The van der Waals surface area contributed by atoms with Gasteiger partial charge in [0.25, 0.3) is 0 Å². The Balaban J connectivity index is 1.94. The number of carbonyl (C=O) groups is 1. The van der Waals surface area contributed by atoms with E-state index in [1.807, 2.05) is 31.2 Å². The summed E-state index contributed by atoms with van der Waals surface area (Å²) in [5, 5.41) is 3.14. The monoisotopic (exact) mass is 430 g/mol. The van der Waals surface area contributed by atoms with Crippen molar-refractivity contribution < 1.29 is 17.9 Å². The molecule has 0 saturated carbocycles. The largest absolute Gasteiger partial charge is 0.491 e. The van der Waals surface area contributed by atoms with Gasteiger partial charge in [-0.25, -0.2) is 8.42 Å². The van der Waals surface area contributed by atoms with Crippen LogP contribution in [0.25, 0.3) is 0 Å². The van der Waals surface area contributed by atoms with Crippen LogP contribution < -0.4 is 14.4 Å². The summed E-state index contributed by atoms with van der Waals surface area (Å²) in [5.74, 6) is 0.278. The summed E-state index contributed by atoms with van der Waals surface area (Å²) in [4.78, 5) is 12.2. The quantitative estimate of drug-likeness (QED) is 0.651. The molecule has 0 aliphatic heterocycles. The number of sulfonamides is 1. The van der Waals surface area contributed by atoms with Crippen molar-refractivity contribution in [1.82, 2.24) is 5.32 Å². The summed E-state index contributed by atoms with van der Waals surface area (Å²) in [6.07, 6.45) is 1.02. The molecule has 2 rings (SSSR count). The van der Waals surface area contributed by atoms with Gasteiger partial charge in [-0.15, -0.1) is 0 Å². The summed E-state index contributed by atoms with van der Waals surface area (Å²) in [6, 6.07) is 11.9. The van der Waals surface area contributed by atoms with Gasteiger partial charge in [-0.2, -0.15) is 0 Å². The fourth-order valence-electron chi connectivity index (χ4n) is 2.30. The number of anilines is 1. The zero-order chi connectivity index (χ0) is 20.0. The fourth-order valence-corrected chi connectivity index (χ4v) is 3.44. The van der Waals surface area contributed by atoms with E-state index in [4.69, 9.17) is 27.9 Å². The van der Waals surface area contributed by atoms with E-state index in [1.54, 1.807) is 0 Å². The van der Waals surface area contributed by atoms with Crippen molar-refractivity contribution in [2.75, 3.05) is 30.3 Å². The summed E-state index contributed by atoms with van der Waals surface area (Å²) in [5.41, 5.74) is 1.25. The molecule has 0 aromatic heterocycles. The van der Waals surface area contributed by atoms with Crippen LogP contribution in [-0.4, -0.2) is 40.3 Å². The molecule has 1 amide bonds. The molecule has 0 heterocycles. The topological polar surface area (TPSA) is 75.7 Å². The van der Waals surface area contributed by atoms with Gasteiger partial charge in [-0.3, -0.25) is 9.10 Å². The van der Waals surface area contributed by atoms with E-state index in [1.165, 1.54) is 18.2 Å². The molecular formula is C18H20Cl2N2O4S. The van der Waals surface area contributed by atoms with Gasteiger partial charge in [0.2, 0.25) is 15.9 Å². The number of rotatable bonds is 8. The lowest BCUT2D eigenvalue weighted by Gasteiger charge is -2.22. The molecule has 0 bridgehead atoms. The summed E-state index contributed by atoms with van der Waals surface area (Å²) < 4.78 is 30.7. The van der Waals surface area contributed by atoms with Crippen molar-refractivity contribution in [3.63, 3.8) is 0 Å². The molecule has 0 radical (unpaired) electrons. The van der Waals surface area contributed by atoms with E-state index in [2.05, 4.69) is 5.32 Å². The van der Waals surface area contributed by atoms with Crippen LogP contribution in [0, 0.1) is 6.92 Å². The maximum absolute atomic E-state index is 12.2. The van der Waals surface area contributed by atoms with Gasteiger partial charge < -0.3 is 10.1 Å². The van der Waals surface area contributed by atoms with Gasteiger partial charge in [-0.05, 0) is 36.8 Å². The minimum absolute atomic E-state index is 0.204. The molecule has 1 N–H and O–H groups in total. The van der Waals surface area contributed by atoms with Crippen molar-refractivity contribution in [2.45, 2.75) is 6.92 Å². The SMILES string of the molecule is Cc1ccccc1OCCNC(=O)CN(c1ccc(Cl)c(Cl)c1)S(C)(=O)=O. The number of hydrogen-bond acceptors (Lipinski definition) is 4. The Hall–Kier alpha value is -1.96. The van der Waals surface area contributed by atoms with E-state index in [-0.39, 0.29) is 30.4 Å². The Kier molecular flexibility index (Phi) is 7.35. The van der Waals surface area contributed by atoms with Crippen LogP contribution in [0.15, 0.2) is 42.5 Å². The number of aryl methyl sites for hydroxylation is 1. The first-order valence-corrected chi connectivity index (χ1v) is 10.7. The van der Waals surface area contributed by atoms with Gasteiger partial charge in [0, 0.05) is 0 Å². The number of para-hydroxylation sites is 1. The third kappa shape index (κ3) is 6.30. The summed E-state index contributed by atoms with van der Waals surface area (Å²) in [6.45, 7) is 2.06. The maximum atomic E-state index is 12.2. The second-order valence-electron chi connectivity index (χ2n) is 5.83. The van der Waals surface area contributed by atoms with Crippen LogP contribution in [-0.2, 0) is 14.8 Å². The van der Waals surface area contributed by atoms with Gasteiger partial charge in [-0.1, -0.05) is 41.4 Å². The average molecular weight is 431 g/mol. The molecule has 2 aromatic carbocycles. The number of halogens is 2. The lowest BCUT2D eigenvalue weighted by Crippen LogP contribution is -2.41. The highest BCUT2D eigenvalue weighted by atomic mass is 35.5. The molecule has 0 saturated heterocycles. The molecule has 0 atom stereocenters. The Bertz CT molecular complexity index is 919. The number of benzene rings is 2. The summed E-state index contributed by atoms with van der Waals surface area (Å²) >= 11 is 11.8. The number of ether oxygens (including phenoxy) is 1. The Morgan fingerprint density at radius 3 is 2.48 bits per heavy atom. The minimum Gasteiger partial charge on any atom is -0.491 e. The molecule has 0 unspecified atom stereocenters. The standard InChI is InChI=1S/C18H20Cl2N2O4S/c1-13-5-3-4-6-17(13)26-10-9-21-18(23)12-22(27(2,24)25)14-7-8-15(19)16(20)11-14/h3-8,11H,9-10,12H2,1-2H3,(H,21,23). The van der Waals surface area contributed by atoms with Crippen LogP contribution >= 0.6 is 23.2 Å². The smallest absolute Gasteiger partial charge is 0.240 e. The van der Waals surface area contributed by atoms with Gasteiger partial charge in [0.05, 0.1) is 28.5 Å². The number of nitrogens with one attached hydrogen (secondary N) is 1. The van der Waals surface area contributed by atoms with Crippen LogP contribution in [0.4, 0.5) is 5.69 Å². The average Bonchev–Trinajstić information content (AvgIpc) is 2.59. The number of nitrogens with zero attached hydrogens (tertiary/aromatic N) is 1. The van der Waals surface area contributed by atoms with Crippen LogP contribution in [0.5, 0.6) is 5.75 Å². The van der Waals surface area contributed by atoms with Crippen molar-refractivity contribution in [3.8, 4) is 5.75 Å². The molecule has 2 aromatic rings. The molecule has 6 nitrogen and oxygen atoms in total. The van der Waals surface area contributed by atoms with Gasteiger partial charge in [0.1, 0.15) is 18.9 Å². The maximum Gasteiger partial charge on any atom is 0.240 e. The molecule has 0 fully saturated rings. The molecule has 27 heavy (non-hydrogen) atoms. The third-order valence-corrected chi connectivity index (χ3v) is 5.53. The first-order chi connectivity index (χ1) is 12.7. The Morgan fingerprint density at radius 2 is 1.85 bits per heavy atom. The molecule has 0 spiro atoms. The minimum atomic E-state index is -3.68. The van der Waals surface area contributed by atoms with Crippen LogP contribution in [0.3, 0.4) is 0 Å². The van der Waals surface area contributed by atoms with Crippen LogP contribution in [0.1, 0.15) is 5.56 Å². The number of amides is 1. The van der Waals surface area contributed by atoms with Crippen molar-refractivity contribution in [1.29, 1.82) is 0 Å². The predicted octanol–water partition coefficient (Wildman–Crippen LogP) is 3.26. The van der Waals surface area contributed by atoms with E-state index in [0.29, 0.717) is 5.02 Å². The molecule has 0 aliphatic rings. The highest BCUT2D eigenvalue weighted by Gasteiger charge is 2.21. The van der Waals surface area contributed by atoms with Gasteiger partial charge >= 0.3 is 0 Å². The Morgan fingerprint density at radius 1 is 1.15 bits per heavy atom. The highest BCUT2D eigenvalue weighted by molar-refractivity contribution is 7.92. The molecule has 0 aliphatic carbocycles. The van der Waals surface area contributed by atoms with Gasteiger partial charge in [0.15, 0.2) is 0 Å². The number of carbonyl (C=O) groups excluding carboxylic acids is 1. The highest BCUT2D eigenvalue weighted by Crippen LogP contribution is 2.28. The first kappa shape index (κ1) is 21.3. The first-order valence-electron chi connectivity index (χ1n) is 8.06. The van der Waals surface area contributed by atoms with Crippen molar-refractivity contribution in [3.05, 3.63) is 58.1 Å².